The standard InChI is InChI=1S/C22H32N2O/c1-16-7-9-18(10-8-16)24-13-11-22(12-14-24)15-21(23-17(2)25)19-5-3-4-6-20(19)22/h3-6,16,18,21H,7-15H2,1-2H3,(H,23,25)/t16?,18?,21-/m0/s1. The summed E-state index contributed by atoms with van der Waals surface area (Å²) in [6, 6.07) is 9.85. The van der Waals surface area contributed by atoms with Crippen molar-refractivity contribution in [3.63, 3.8) is 0 Å². The van der Waals surface area contributed by atoms with Gasteiger partial charge in [-0.1, -0.05) is 31.2 Å². The molecule has 0 aromatic heterocycles. The zero-order valence-electron chi connectivity index (χ0n) is 15.8. The van der Waals surface area contributed by atoms with Crippen LogP contribution >= 0.6 is 0 Å². The fraction of sp³-hybridized carbons (Fsp3) is 0.682. The number of hydrogen-bond donors (Lipinski definition) is 1. The molecule has 4 rings (SSSR count). The molecule has 0 radical (unpaired) electrons. The third-order valence-electron chi connectivity index (χ3n) is 7.14. The molecule has 2 fully saturated rings. The quantitative estimate of drug-likeness (QED) is 0.876. The molecule has 1 N–H and O–H groups in total. The van der Waals surface area contributed by atoms with Gasteiger partial charge < -0.3 is 10.2 Å². The molecule has 1 saturated heterocycles. The van der Waals surface area contributed by atoms with Crippen LogP contribution in [-0.2, 0) is 10.2 Å². The number of amides is 1. The van der Waals surface area contributed by atoms with Crippen LogP contribution in [0.5, 0.6) is 0 Å². The van der Waals surface area contributed by atoms with Crippen molar-refractivity contribution in [3.8, 4) is 0 Å². The first-order chi connectivity index (χ1) is 12.1. The van der Waals surface area contributed by atoms with Crippen LogP contribution in [0.3, 0.4) is 0 Å². The van der Waals surface area contributed by atoms with Crippen LogP contribution in [0.25, 0.3) is 0 Å². The molecule has 3 nitrogen and oxygen atoms in total. The molecule has 0 bridgehead atoms. The predicted octanol–water partition coefficient (Wildman–Crippen LogP) is 4.18. The third kappa shape index (κ3) is 3.23. The summed E-state index contributed by atoms with van der Waals surface area (Å²) in [5, 5.41) is 3.20. The summed E-state index contributed by atoms with van der Waals surface area (Å²) in [7, 11) is 0. The molecule has 1 aromatic carbocycles. The number of hydrogen-bond acceptors (Lipinski definition) is 2. The molecule has 1 heterocycles. The lowest BCUT2D eigenvalue weighted by Crippen LogP contribution is -2.47. The Morgan fingerprint density at radius 2 is 1.80 bits per heavy atom. The van der Waals surface area contributed by atoms with Crippen LogP contribution < -0.4 is 5.32 Å². The van der Waals surface area contributed by atoms with Gasteiger partial charge in [-0.15, -0.1) is 0 Å². The Labute approximate surface area is 152 Å². The van der Waals surface area contributed by atoms with E-state index in [1.807, 2.05) is 0 Å². The Morgan fingerprint density at radius 3 is 2.48 bits per heavy atom. The van der Waals surface area contributed by atoms with Gasteiger partial charge in [0.1, 0.15) is 0 Å². The van der Waals surface area contributed by atoms with Crippen LogP contribution in [0.2, 0.25) is 0 Å². The van der Waals surface area contributed by atoms with E-state index in [1.165, 1.54) is 62.7 Å². The summed E-state index contributed by atoms with van der Waals surface area (Å²) in [6.07, 6.45) is 9.15. The summed E-state index contributed by atoms with van der Waals surface area (Å²) in [6.45, 7) is 6.49. The van der Waals surface area contributed by atoms with Gasteiger partial charge in [0, 0.05) is 18.4 Å². The summed E-state index contributed by atoms with van der Waals surface area (Å²) < 4.78 is 0. The number of carbonyl (C=O) groups is 1. The molecule has 25 heavy (non-hydrogen) atoms. The molecule has 1 spiro atoms. The van der Waals surface area contributed by atoms with Gasteiger partial charge in [0.15, 0.2) is 0 Å². The van der Waals surface area contributed by atoms with Crippen molar-refractivity contribution in [2.24, 2.45) is 5.92 Å². The van der Waals surface area contributed by atoms with E-state index < -0.39 is 0 Å². The number of nitrogens with zero attached hydrogens (tertiary/aromatic N) is 1. The molecule has 2 aliphatic carbocycles. The second-order valence-corrected chi connectivity index (χ2v) is 8.77. The highest BCUT2D eigenvalue weighted by atomic mass is 16.1. The minimum atomic E-state index is 0.0885. The molecule has 1 amide bonds. The van der Waals surface area contributed by atoms with Crippen molar-refractivity contribution >= 4 is 5.91 Å². The number of fused-ring (bicyclic) bond motifs is 2. The van der Waals surface area contributed by atoms with Gasteiger partial charge in [0.25, 0.3) is 0 Å². The number of benzene rings is 1. The van der Waals surface area contributed by atoms with Crippen LogP contribution in [0.4, 0.5) is 0 Å². The van der Waals surface area contributed by atoms with E-state index in [1.54, 1.807) is 6.92 Å². The number of piperidine rings is 1. The van der Waals surface area contributed by atoms with Gasteiger partial charge in [0.05, 0.1) is 6.04 Å². The summed E-state index contributed by atoms with van der Waals surface area (Å²) in [4.78, 5) is 14.4. The minimum Gasteiger partial charge on any atom is -0.349 e. The normalized spacial score (nSPS) is 31.7. The fourth-order valence-corrected chi connectivity index (χ4v) is 5.67. The maximum atomic E-state index is 11.6. The van der Waals surface area contributed by atoms with E-state index in [0.717, 1.165) is 18.4 Å². The van der Waals surface area contributed by atoms with E-state index in [2.05, 4.69) is 41.4 Å². The fourth-order valence-electron chi connectivity index (χ4n) is 5.67. The van der Waals surface area contributed by atoms with Crippen LogP contribution in [0, 0.1) is 5.92 Å². The third-order valence-corrected chi connectivity index (χ3v) is 7.14. The topological polar surface area (TPSA) is 32.3 Å². The monoisotopic (exact) mass is 340 g/mol. The van der Waals surface area contributed by atoms with Crippen LogP contribution in [0.1, 0.15) is 76.0 Å². The van der Waals surface area contributed by atoms with Gasteiger partial charge in [0.2, 0.25) is 5.91 Å². The molecule has 1 atom stereocenters. The Hall–Kier alpha value is -1.35. The highest BCUT2D eigenvalue weighted by Gasteiger charge is 2.46. The Kier molecular flexibility index (Phi) is 4.61. The number of likely N-dealkylation sites (tertiary alicyclic amines) is 1. The summed E-state index contributed by atoms with van der Waals surface area (Å²) in [5.74, 6) is 1.01. The molecule has 136 valence electrons. The van der Waals surface area contributed by atoms with Crippen LogP contribution in [-0.4, -0.2) is 29.9 Å². The average Bonchev–Trinajstić information content (AvgIpc) is 2.90. The van der Waals surface area contributed by atoms with Crippen molar-refractivity contribution < 1.29 is 4.79 Å². The highest BCUT2D eigenvalue weighted by Crippen LogP contribution is 2.51. The first kappa shape index (κ1) is 17.1. The number of rotatable bonds is 2. The highest BCUT2D eigenvalue weighted by molar-refractivity contribution is 5.73. The molecular formula is C22H32N2O. The molecule has 1 saturated carbocycles. The minimum absolute atomic E-state index is 0.0885. The smallest absolute Gasteiger partial charge is 0.217 e. The predicted molar refractivity (Wildman–Crippen MR) is 102 cm³/mol. The molecule has 3 aliphatic rings. The zero-order valence-corrected chi connectivity index (χ0v) is 15.8. The molecule has 1 aliphatic heterocycles. The van der Waals surface area contributed by atoms with Crippen LogP contribution in [0.15, 0.2) is 24.3 Å². The Bertz CT molecular complexity index is 625. The number of carbonyl (C=O) groups excluding carboxylic acids is 1. The van der Waals surface area contributed by atoms with E-state index >= 15 is 0 Å². The second kappa shape index (κ2) is 6.75. The van der Waals surface area contributed by atoms with E-state index in [-0.39, 0.29) is 17.4 Å². The van der Waals surface area contributed by atoms with Gasteiger partial charge >= 0.3 is 0 Å². The lowest BCUT2D eigenvalue weighted by molar-refractivity contribution is -0.119. The molecular weight excluding hydrogens is 308 g/mol. The van der Waals surface area contributed by atoms with Gasteiger partial charge in [-0.05, 0) is 75.1 Å². The van der Waals surface area contributed by atoms with Crippen molar-refractivity contribution in [2.75, 3.05) is 13.1 Å². The second-order valence-electron chi connectivity index (χ2n) is 8.77. The lowest BCUT2D eigenvalue weighted by atomic mass is 9.73. The molecule has 0 unspecified atom stereocenters. The van der Waals surface area contributed by atoms with Crippen molar-refractivity contribution in [1.82, 2.24) is 10.2 Å². The summed E-state index contributed by atoms with van der Waals surface area (Å²) >= 11 is 0. The number of nitrogens with one attached hydrogen (secondary N) is 1. The molecule has 3 heteroatoms. The largest absolute Gasteiger partial charge is 0.349 e. The maximum absolute atomic E-state index is 11.6. The van der Waals surface area contributed by atoms with E-state index in [0.29, 0.717) is 0 Å². The van der Waals surface area contributed by atoms with Crippen molar-refractivity contribution in [3.05, 3.63) is 35.4 Å². The van der Waals surface area contributed by atoms with Gasteiger partial charge in [-0.3, -0.25) is 4.79 Å². The van der Waals surface area contributed by atoms with E-state index in [9.17, 15) is 4.79 Å². The van der Waals surface area contributed by atoms with Crippen molar-refractivity contribution in [2.45, 2.75) is 76.3 Å². The zero-order chi connectivity index (χ0) is 17.4. The Balaban J connectivity index is 1.48. The van der Waals surface area contributed by atoms with Crippen molar-refractivity contribution in [1.29, 1.82) is 0 Å². The van der Waals surface area contributed by atoms with Gasteiger partial charge in [-0.25, -0.2) is 0 Å². The SMILES string of the molecule is CC(=O)N[C@H]1CC2(CCN(C3CCC(C)CC3)CC2)c2ccccc21. The van der Waals surface area contributed by atoms with Gasteiger partial charge in [-0.2, -0.15) is 0 Å². The average molecular weight is 341 g/mol. The first-order valence-corrected chi connectivity index (χ1v) is 10.2. The lowest BCUT2D eigenvalue weighted by Gasteiger charge is -2.45. The first-order valence-electron chi connectivity index (χ1n) is 10.2. The molecule has 1 aromatic rings. The van der Waals surface area contributed by atoms with E-state index in [4.69, 9.17) is 0 Å². The summed E-state index contributed by atoms with van der Waals surface area (Å²) in [5.41, 5.74) is 3.14. The maximum Gasteiger partial charge on any atom is 0.217 e. The Morgan fingerprint density at radius 1 is 1.12 bits per heavy atom.